The number of benzene rings is 1. The maximum atomic E-state index is 10.4. The van der Waals surface area contributed by atoms with Crippen LogP contribution in [0.3, 0.4) is 0 Å². The first kappa shape index (κ1) is 13.0. The quantitative estimate of drug-likeness (QED) is 0.556. The van der Waals surface area contributed by atoms with Crippen LogP contribution < -0.4 is 5.73 Å². The van der Waals surface area contributed by atoms with Crippen LogP contribution in [-0.4, -0.2) is 28.8 Å². The second kappa shape index (κ2) is 7.27. The molecule has 0 saturated heterocycles. The van der Waals surface area contributed by atoms with Gasteiger partial charge in [0.05, 0.1) is 12.5 Å². The molecule has 1 atom stereocenters. The van der Waals surface area contributed by atoms with Gasteiger partial charge in [0.1, 0.15) is 6.04 Å². The smallest absolute Gasteiger partial charge is 0.321 e. The fourth-order valence-electron chi connectivity index (χ4n) is 1.04. The lowest BCUT2D eigenvalue weighted by molar-refractivity contribution is -0.137. The molecular formula is C11H15NO3S. The molecule has 16 heavy (non-hydrogen) atoms. The number of aliphatic carboxylic acids is 1. The summed E-state index contributed by atoms with van der Waals surface area (Å²) >= 11 is 1.38. The molecule has 0 aliphatic heterocycles. The van der Waals surface area contributed by atoms with Crippen LogP contribution in [0, 0.1) is 0 Å². The highest BCUT2D eigenvalue weighted by Crippen LogP contribution is 2.06. The Kier molecular flexibility index (Phi) is 5.92. The van der Waals surface area contributed by atoms with Crippen molar-refractivity contribution in [2.45, 2.75) is 12.6 Å². The third kappa shape index (κ3) is 5.16. The van der Waals surface area contributed by atoms with Gasteiger partial charge in [-0.2, -0.15) is 0 Å². The average Bonchev–Trinajstić information content (AvgIpc) is 2.29. The topological polar surface area (TPSA) is 72.5 Å². The number of hydrogen-bond acceptors (Lipinski definition) is 4. The number of carboxylic acid groups (broad SMARTS) is 1. The van der Waals surface area contributed by atoms with Crippen LogP contribution in [0.1, 0.15) is 5.56 Å². The minimum absolute atomic E-state index is 0.365. The van der Waals surface area contributed by atoms with Crippen LogP contribution in [0.5, 0.6) is 0 Å². The molecule has 88 valence electrons. The van der Waals surface area contributed by atoms with Crippen LogP contribution in [0.4, 0.5) is 0 Å². The van der Waals surface area contributed by atoms with Crippen LogP contribution in [-0.2, 0) is 16.1 Å². The zero-order chi connectivity index (χ0) is 11.8. The van der Waals surface area contributed by atoms with E-state index in [9.17, 15) is 4.79 Å². The van der Waals surface area contributed by atoms with E-state index < -0.39 is 12.0 Å². The third-order valence-electron chi connectivity index (χ3n) is 1.89. The standard InChI is InChI=1S/C11H15NO3S/c12-10(11(13)14)7-16-8-15-6-9-4-2-1-3-5-9/h1-5,10H,6-8,12H2,(H,13,14). The molecule has 0 aliphatic carbocycles. The Hall–Kier alpha value is -1.04. The first-order valence-electron chi connectivity index (χ1n) is 4.88. The Morgan fingerprint density at radius 2 is 2.12 bits per heavy atom. The minimum Gasteiger partial charge on any atom is -0.480 e. The summed E-state index contributed by atoms with van der Waals surface area (Å²) in [4.78, 5) is 10.4. The van der Waals surface area contributed by atoms with E-state index in [1.54, 1.807) is 0 Å². The monoisotopic (exact) mass is 241 g/mol. The number of rotatable bonds is 7. The normalized spacial score (nSPS) is 12.3. The van der Waals surface area contributed by atoms with Crippen molar-refractivity contribution < 1.29 is 14.6 Å². The van der Waals surface area contributed by atoms with Gasteiger partial charge in [-0.15, -0.1) is 11.8 Å². The lowest BCUT2D eigenvalue weighted by Crippen LogP contribution is -2.32. The molecule has 0 saturated carbocycles. The molecule has 1 rings (SSSR count). The van der Waals surface area contributed by atoms with E-state index in [4.69, 9.17) is 15.6 Å². The Labute approximate surface area is 98.8 Å². The number of thioether (sulfide) groups is 1. The van der Waals surface area contributed by atoms with E-state index in [0.717, 1.165) is 5.56 Å². The predicted molar refractivity (Wildman–Crippen MR) is 64.2 cm³/mol. The molecule has 0 aromatic heterocycles. The molecular weight excluding hydrogens is 226 g/mol. The van der Waals surface area contributed by atoms with Crippen molar-refractivity contribution in [3.05, 3.63) is 35.9 Å². The van der Waals surface area contributed by atoms with Gasteiger partial charge in [0.15, 0.2) is 0 Å². The Balaban J connectivity index is 2.07. The minimum atomic E-state index is -0.976. The van der Waals surface area contributed by atoms with Gasteiger partial charge in [0.25, 0.3) is 0 Å². The van der Waals surface area contributed by atoms with Gasteiger partial charge in [-0.05, 0) is 5.56 Å². The highest BCUT2D eigenvalue weighted by Gasteiger charge is 2.10. The number of carboxylic acids is 1. The average molecular weight is 241 g/mol. The summed E-state index contributed by atoms with van der Waals surface area (Å²) in [6.45, 7) is 0.538. The third-order valence-corrected chi connectivity index (χ3v) is 2.82. The Morgan fingerprint density at radius 3 is 2.75 bits per heavy atom. The largest absolute Gasteiger partial charge is 0.480 e. The zero-order valence-electron chi connectivity index (χ0n) is 8.83. The number of nitrogens with two attached hydrogens (primary N) is 1. The number of carbonyl (C=O) groups is 1. The molecule has 0 radical (unpaired) electrons. The summed E-state index contributed by atoms with van der Waals surface area (Å²) in [7, 11) is 0. The highest BCUT2D eigenvalue weighted by atomic mass is 32.2. The Morgan fingerprint density at radius 1 is 1.44 bits per heavy atom. The second-order valence-electron chi connectivity index (χ2n) is 3.27. The molecule has 1 unspecified atom stereocenters. The highest BCUT2D eigenvalue weighted by molar-refractivity contribution is 7.99. The van der Waals surface area contributed by atoms with Crippen molar-refractivity contribution in [3.63, 3.8) is 0 Å². The summed E-state index contributed by atoms with van der Waals surface area (Å²) in [5.74, 6) is -0.157. The maximum Gasteiger partial charge on any atom is 0.321 e. The van der Waals surface area contributed by atoms with Crippen molar-refractivity contribution in [2.75, 3.05) is 11.7 Å². The number of ether oxygens (including phenoxy) is 1. The molecule has 0 aliphatic rings. The van der Waals surface area contributed by atoms with E-state index in [2.05, 4.69) is 0 Å². The summed E-state index contributed by atoms with van der Waals surface area (Å²) < 4.78 is 5.36. The molecule has 0 amide bonds. The van der Waals surface area contributed by atoms with E-state index >= 15 is 0 Å². The summed E-state index contributed by atoms with van der Waals surface area (Å²) in [6, 6.07) is 8.99. The fraction of sp³-hybridized carbons (Fsp3) is 0.364. The summed E-state index contributed by atoms with van der Waals surface area (Å²) in [6.07, 6.45) is 0. The van der Waals surface area contributed by atoms with Gasteiger partial charge >= 0.3 is 5.97 Å². The van der Waals surface area contributed by atoms with Crippen LogP contribution >= 0.6 is 11.8 Å². The van der Waals surface area contributed by atoms with Crippen molar-refractivity contribution in [1.29, 1.82) is 0 Å². The molecule has 0 heterocycles. The molecule has 4 nitrogen and oxygen atoms in total. The van der Waals surface area contributed by atoms with E-state index in [0.29, 0.717) is 18.3 Å². The molecule has 0 spiro atoms. The molecule has 1 aromatic carbocycles. The van der Waals surface area contributed by atoms with Crippen molar-refractivity contribution in [2.24, 2.45) is 5.73 Å². The van der Waals surface area contributed by atoms with Gasteiger partial charge in [-0.25, -0.2) is 0 Å². The molecule has 0 bridgehead atoms. The fourth-order valence-corrected chi connectivity index (χ4v) is 1.73. The molecule has 3 N–H and O–H groups in total. The first-order valence-corrected chi connectivity index (χ1v) is 6.03. The van der Waals surface area contributed by atoms with Gasteiger partial charge in [0, 0.05) is 5.75 Å². The van der Waals surface area contributed by atoms with E-state index in [1.807, 2.05) is 30.3 Å². The number of hydrogen-bond donors (Lipinski definition) is 2. The maximum absolute atomic E-state index is 10.4. The van der Waals surface area contributed by atoms with Gasteiger partial charge in [-0.1, -0.05) is 30.3 Å². The van der Waals surface area contributed by atoms with Gasteiger partial charge in [0.2, 0.25) is 0 Å². The molecule has 0 fully saturated rings. The Bertz CT molecular complexity index is 318. The van der Waals surface area contributed by atoms with Crippen LogP contribution in [0.25, 0.3) is 0 Å². The van der Waals surface area contributed by atoms with Crippen LogP contribution in [0.2, 0.25) is 0 Å². The zero-order valence-corrected chi connectivity index (χ0v) is 9.65. The summed E-state index contributed by atoms with van der Waals surface area (Å²) in [5, 5.41) is 8.54. The van der Waals surface area contributed by atoms with Crippen LogP contribution in [0.15, 0.2) is 30.3 Å². The van der Waals surface area contributed by atoms with E-state index in [-0.39, 0.29) is 0 Å². The molecule has 1 aromatic rings. The first-order chi connectivity index (χ1) is 7.70. The summed E-state index contributed by atoms with van der Waals surface area (Å²) in [5.41, 5.74) is 6.44. The van der Waals surface area contributed by atoms with Gasteiger partial charge in [-0.3, -0.25) is 4.79 Å². The second-order valence-corrected chi connectivity index (χ2v) is 4.24. The SMILES string of the molecule is NC(CSCOCc1ccccc1)C(=O)O. The lowest BCUT2D eigenvalue weighted by Gasteiger charge is -2.06. The lowest BCUT2D eigenvalue weighted by atomic mass is 10.2. The predicted octanol–water partition coefficient (Wildman–Crippen LogP) is 1.31. The van der Waals surface area contributed by atoms with Crippen molar-refractivity contribution >= 4 is 17.7 Å². The van der Waals surface area contributed by atoms with E-state index in [1.165, 1.54) is 11.8 Å². The van der Waals surface area contributed by atoms with Crippen molar-refractivity contribution in [3.8, 4) is 0 Å². The molecule has 5 heteroatoms. The van der Waals surface area contributed by atoms with Crippen molar-refractivity contribution in [1.82, 2.24) is 0 Å². The van der Waals surface area contributed by atoms with Gasteiger partial charge < -0.3 is 15.6 Å².